The Hall–Kier alpha value is -0.640. The molecule has 0 N–H and O–H groups in total. The first-order chi connectivity index (χ1) is 7.49. The molecule has 90 valence electrons. The van der Waals surface area contributed by atoms with Gasteiger partial charge in [0.2, 0.25) is 0 Å². The van der Waals surface area contributed by atoms with Crippen LogP contribution in [0.4, 0.5) is 0 Å². The van der Waals surface area contributed by atoms with Crippen LogP contribution >= 0.6 is 11.6 Å². The van der Waals surface area contributed by atoms with Crippen LogP contribution in [-0.2, 0) is 9.47 Å². The van der Waals surface area contributed by atoms with E-state index in [1.54, 1.807) is 12.3 Å². The van der Waals surface area contributed by atoms with Gasteiger partial charge in [-0.3, -0.25) is 0 Å². The van der Waals surface area contributed by atoms with Crippen LogP contribution in [0.25, 0.3) is 0 Å². The summed E-state index contributed by atoms with van der Waals surface area (Å²) in [7, 11) is 0. The minimum Gasteiger partial charge on any atom is -0.346 e. The highest BCUT2D eigenvalue weighted by Crippen LogP contribution is 2.23. The smallest absolute Gasteiger partial charge is 0.184 e. The van der Waals surface area contributed by atoms with Gasteiger partial charge in [0, 0.05) is 11.8 Å². The quantitative estimate of drug-likeness (QED) is 0.585. The molecule has 0 fully saturated rings. The fraction of sp³-hybridized carbons (Fsp3) is 0.583. The minimum absolute atomic E-state index is 0.0932. The van der Waals surface area contributed by atoms with E-state index in [-0.39, 0.29) is 18.5 Å². The zero-order valence-electron chi connectivity index (χ0n) is 10.1. The van der Waals surface area contributed by atoms with E-state index in [2.05, 4.69) is 4.98 Å². The maximum Gasteiger partial charge on any atom is 0.184 e. The van der Waals surface area contributed by atoms with Crippen molar-refractivity contribution >= 4 is 11.6 Å². The SMILES string of the molecule is CC(C)OC(OC(C)C)c1ccnc(Cl)c1. The monoisotopic (exact) mass is 243 g/mol. The van der Waals surface area contributed by atoms with Crippen LogP contribution in [0.15, 0.2) is 18.3 Å². The first-order valence-corrected chi connectivity index (χ1v) is 5.79. The molecule has 0 aliphatic carbocycles. The topological polar surface area (TPSA) is 31.4 Å². The predicted octanol–water partition coefficient (Wildman–Crippen LogP) is 3.58. The van der Waals surface area contributed by atoms with Crippen LogP contribution in [0, 0.1) is 0 Å². The van der Waals surface area contributed by atoms with Gasteiger partial charge in [-0.25, -0.2) is 4.98 Å². The number of rotatable bonds is 5. The molecule has 0 saturated heterocycles. The van der Waals surface area contributed by atoms with Crippen LogP contribution in [0.5, 0.6) is 0 Å². The van der Waals surface area contributed by atoms with Crippen molar-refractivity contribution in [3.05, 3.63) is 29.0 Å². The first kappa shape index (κ1) is 13.4. The van der Waals surface area contributed by atoms with Crippen molar-refractivity contribution < 1.29 is 9.47 Å². The molecule has 0 unspecified atom stereocenters. The molecule has 0 aromatic carbocycles. The molecule has 16 heavy (non-hydrogen) atoms. The van der Waals surface area contributed by atoms with E-state index in [4.69, 9.17) is 21.1 Å². The molecule has 0 aliphatic rings. The van der Waals surface area contributed by atoms with Gasteiger partial charge in [-0.1, -0.05) is 11.6 Å². The van der Waals surface area contributed by atoms with Gasteiger partial charge in [0.1, 0.15) is 5.15 Å². The molecular weight excluding hydrogens is 226 g/mol. The van der Waals surface area contributed by atoms with Crippen molar-refractivity contribution in [2.75, 3.05) is 0 Å². The number of pyridine rings is 1. The molecule has 0 atom stereocenters. The summed E-state index contributed by atoms with van der Waals surface area (Å²) < 4.78 is 11.4. The summed E-state index contributed by atoms with van der Waals surface area (Å²) in [4.78, 5) is 3.93. The van der Waals surface area contributed by atoms with E-state index >= 15 is 0 Å². The third-order valence-electron chi connectivity index (χ3n) is 1.81. The number of ether oxygens (including phenoxy) is 2. The van der Waals surface area contributed by atoms with Crippen molar-refractivity contribution in [3.8, 4) is 0 Å². The second-order valence-electron chi connectivity index (χ2n) is 4.11. The number of nitrogens with zero attached hydrogens (tertiary/aromatic N) is 1. The molecule has 1 aromatic rings. The summed E-state index contributed by atoms with van der Waals surface area (Å²) >= 11 is 5.84. The Morgan fingerprint density at radius 2 is 1.69 bits per heavy atom. The van der Waals surface area contributed by atoms with Crippen LogP contribution in [0.1, 0.15) is 39.5 Å². The number of halogens is 1. The maximum absolute atomic E-state index is 5.84. The maximum atomic E-state index is 5.84. The molecule has 1 rings (SSSR count). The van der Waals surface area contributed by atoms with E-state index in [1.165, 1.54) is 0 Å². The van der Waals surface area contributed by atoms with E-state index in [0.29, 0.717) is 5.15 Å². The lowest BCUT2D eigenvalue weighted by Gasteiger charge is -2.23. The summed E-state index contributed by atoms with van der Waals surface area (Å²) in [6.07, 6.45) is 1.45. The van der Waals surface area contributed by atoms with Crippen LogP contribution < -0.4 is 0 Å². The lowest BCUT2D eigenvalue weighted by atomic mass is 10.2. The van der Waals surface area contributed by atoms with Gasteiger partial charge in [0.15, 0.2) is 6.29 Å². The lowest BCUT2D eigenvalue weighted by molar-refractivity contribution is -0.185. The number of hydrogen-bond donors (Lipinski definition) is 0. The summed E-state index contributed by atoms with van der Waals surface area (Å²) in [6, 6.07) is 3.61. The summed E-state index contributed by atoms with van der Waals surface area (Å²) in [6.45, 7) is 7.89. The molecule has 0 aliphatic heterocycles. The zero-order chi connectivity index (χ0) is 12.1. The summed E-state index contributed by atoms with van der Waals surface area (Å²) in [5.41, 5.74) is 0.891. The van der Waals surface area contributed by atoms with Gasteiger partial charge in [-0.05, 0) is 39.8 Å². The van der Waals surface area contributed by atoms with Crippen LogP contribution in [0.2, 0.25) is 5.15 Å². The highest BCUT2D eigenvalue weighted by Gasteiger charge is 2.16. The molecule has 0 bridgehead atoms. The highest BCUT2D eigenvalue weighted by molar-refractivity contribution is 6.29. The average Bonchev–Trinajstić information content (AvgIpc) is 2.15. The van der Waals surface area contributed by atoms with Crippen LogP contribution in [0.3, 0.4) is 0 Å². The predicted molar refractivity (Wildman–Crippen MR) is 64.4 cm³/mol. The third-order valence-corrected chi connectivity index (χ3v) is 2.02. The van der Waals surface area contributed by atoms with Crippen molar-refractivity contribution in [1.29, 1.82) is 0 Å². The van der Waals surface area contributed by atoms with Gasteiger partial charge >= 0.3 is 0 Å². The third kappa shape index (κ3) is 4.47. The molecule has 4 heteroatoms. The van der Waals surface area contributed by atoms with E-state index in [1.807, 2.05) is 33.8 Å². The standard InChI is InChI=1S/C12H18ClNO2/c1-8(2)15-12(16-9(3)4)10-5-6-14-11(13)7-10/h5-9,12H,1-4H3. The normalized spacial score (nSPS) is 11.8. The molecule has 0 radical (unpaired) electrons. The number of aromatic nitrogens is 1. The minimum atomic E-state index is -0.388. The van der Waals surface area contributed by atoms with Gasteiger partial charge in [-0.15, -0.1) is 0 Å². The lowest BCUT2D eigenvalue weighted by Crippen LogP contribution is -2.17. The Bertz CT molecular complexity index is 319. The summed E-state index contributed by atoms with van der Waals surface area (Å²) in [5, 5.41) is 0.446. The van der Waals surface area contributed by atoms with Gasteiger partial charge in [-0.2, -0.15) is 0 Å². The Morgan fingerprint density at radius 1 is 1.12 bits per heavy atom. The van der Waals surface area contributed by atoms with Crippen molar-refractivity contribution in [2.45, 2.75) is 46.2 Å². The molecule has 1 aromatic heterocycles. The van der Waals surface area contributed by atoms with Crippen molar-refractivity contribution in [2.24, 2.45) is 0 Å². The fourth-order valence-corrected chi connectivity index (χ4v) is 1.43. The van der Waals surface area contributed by atoms with Gasteiger partial charge < -0.3 is 9.47 Å². The van der Waals surface area contributed by atoms with E-state index < -0.39 is 0 Å². The molecule has 0 saturated carbocycles. The van der Waals surface area contributed by atoms with E-state index in [9.17, 15) is 0 Å². The van der Waals surface area contributed by atoms with Gasteiger partial charge in [0.25, 0.3) is 0 Å². The van der Waals surface area contributed by atoms with Crippen molar-refractivity contribution in [1.82, 2.24) is 4.98 Å². The number of hydrogen-bond acceptors (Lipinski definition) is 3. The van der Waals surface area contributed by atoms with Gasteiger partial charge in [0.05, 0.1) is 12.2 Å². The Labute approximate surface area is 102 Å². The highest BCUT2D eigenvalue weighted by atomic mass is 35.5. The molecule has 1 heterocycles. The molecule has 3 nitrogen and oxygen atoms in total. The van der Waals surface area contributed by atoms with Crippen molar-refractivity contribution in [3.63, 3.8) is 0 Å². The average molecular weight is 244 g/mol. The second kappa shape index (κ2) is 6.18. The Kier molecular flexibility index (Phi) is 5.19. The first-order valence-electron chi connectivity index (χ1n) is 5.41. The van der Waals surface area contributed by atoms with Crippen LogP contribution in [-0.4, -0.2) is 17.2 Å². The second-order valence-corrected chi connectivity index (χ2v) is 4.50. The molecule has 0 spiro atoms. The molecular formula is C12H18ClNO2. The molecule has 0 amide bonds. The Morgan fingerprint density at radius 3 is 2.12 bits per heavy atom. The largest absolute Gasteiger partial charge is 0.346 e. The zero-order valence-corrected chi connectivity index (χ0v) is 10.9. The fourth-order valence-electron chi connectivity index (χ4n) is 1.25. The Balaban J connectivity index is 2.82. The summed E-state index contributed by atoms with van der Waals surface area (Å²) in [5.74, 6) is 0. The van der Waals surface area contributed by atoms with E-state index in [0.717, 1.165) is 5.56 Å².